The Balaban J connectivity index is 2.36. The lowest BCUT2D eigenvalue weighted by Gasteiger charge is -2.11. The quantitative estimate of drug-likeness (QED) is 0.878. The van der Waals surface area contributed by atoms with Crippen molar-refractivity contribution in [2.45, 2.75) is 26.4 Å². The highest BCUT2D eigenvalue weighted by molar-refractivity contribution is 5.88. The number of aliphatic hydroxyl groups is 1. The summed E-state index contributed by atoms with van der Waals surface area (Å²) in [7, 11) is 0. The second-order valence-electron chi connectivity index (χ2n) is 4.81. The number of carbonyl (C=O) groups is 1. The van der Waals surface area contributed by atoms with Gasteiger partial charge in [0, 0.05) is 5.92 Å². The predicted octanol–water partition coefficient (Wildman–Crippen LogP) is 2.58. The number of aliphatic hydroxyl groups excluding tert-OH is 1. The molecular weight excluding hydrogens is 272 g/mol. The normalized spacial score (nSPS) is 10.7. The Labute approximate surface area is 122 Å². The van der Waals surface area contributed by atoms with Crippen LogP contribution in [0.15, 0.2) is 30.5 Å². The fourth-order valence-corrected chi connectivity index (χ4v) is 1.72. The number of carboxylic acid groups (broad SMARTS) is 1. The van der Waals surface area contributed by atoms with Crippen LogP contribution in [0, 0.1) is 0 Å². The molecule has 0 bridgehead atoms. The Morgan fingerprint density at radius 2 is 2.14 bits per heavy atom. The maximum absolute atomic E-state index is 11.3. The lowest BCUT2D eigenvalue weighted by atomic mass is 10.2. The van der Waals surface area contributed by atoms with Gasteiger partial charge in [0.25, 0.3) is 0 Å². The van der Waals surface area contributed by atoms with E-state index < -0.39 is 5.97 Å². The molecule has 1 aromatic heterocycles. The van der Waals surface area contributed by atoms with Crippen LogP contribution in [0.4, 0.5) is 0 Å². The van der Waals surface area contributed by atoms with Crippen LogP contribution in [0.2, 0.25) is 0 Å². The number of carboxylic acids is 1. The predicted molar refractivity (Wildman–Crippen MR) is 75.5 cm³/mol. The molecule has 1 aromatic carbocycles. The minimum absolute atomic E-state index is 0.0230. The zero-order chi connectivity index (χ0) is 15.4. The highest BCUT2D eigenvalue weighted by Crippen LogP contribution is 2.25. The number of ether oxygens (including phenoxy) is 1. The van der Waals surface area contributed by atoms with E-state index in [9.17, 15) is 9.90 Å². The van der Waals surface area contributed by atoms with E-state index in [1.165, 1.54) is 6.20 Å². The first-order valence-corrected chi connectivity index (χ1v) is 6.49. The van der Waals surface area contributed by atoms with Gasteiger partial charge < -0.3 is 14.9 Å². The summed E-state index contributed by atoms with van der Waals surface area (Å²) in [6.07, 6.45) is 1.36. The average molecular weight is 288 g/mol. The van der Waals surface area contributed by atoms with E-state index in [4.69, 9.17) is 9.84 Å². The Bertz CT molecular complexity index is 656. The minimum atomic E-state index is -1.17. The van der Waals surface area contributed by atoms with E-state index in [0.29, 0.717) is 17.1 Å². The Hall–Kier alpha value is -2.47. The highest BCUT2D eigenvalue weighted by Gasteiger charge is 2.17. The monoisotopic (exact) mass is 288 g/mol. The van der Waals surface area contributed by atoms with Crippen LogP contribution < -0.4 is 4.74 Å². The average Bonchev–Trinajstić information content (AvgIpc) is 2.47. The van der Waals surface area contributed by atoms with Crippen molar-refractivity contribution in [3.8, 4) is 11.5 Å². The third-order valence-corrected chi connectivity index (χ3v) is 2.80. The Morgan fingerprint density at radius 1 is 1.38 bits per heavy atom. The largest absolute Gasteiger partial charge is 0.476 e. The number of rotatable bonds is 5. The van der Waals surface area contributed by atoms with Crippen molar-refractivity contribution in [3.63, 3.8) is 0 Å². The molecule has 0 aliphatic heterocycles. The van der Waals surface area contributed by atoms with Gasteiger partial charge in [0.05, 0.1) is 12.8 Å². The fraction of sp³-hybridized carbons (Fsp3) is 0.267. The molecule has 0 atom stereocenters. The van der Waals surface area contributed by atoms with Gasteiger partial charge >= 0.3 is 5.97 Å². The summed E-state index contributed by atoms with van der Waals surface area (Å²) >= 11 is 0. The van der Waals surface area contributed by atoms with Crippen LogP contribution in [-0.2, 0) is 6.61 Å². The van der Waals surface area contributed by atoms with E-state index in [1.807, 2.05) is 13.8 Å². The van der Waals surface area contributed by atoms with Crippen molar-refractivity contribution in [2.24, 2.45) is 0 Å². The molecule has 0 unspecified atom stereocenters. The van der Waals surface area contributed by atoms with E-state index in [1.54, 1.807) is 24.3 Å². The van der Waals surface area contributed by atoms with Crippen molar-refractivity contribution in [2.75, 3.05) is 0 Å². The molecule has 2 rings (SSSR count). The van der Waals surface area contributed by atoms with Crippen LogP contribution in [0.1, 0.15) is 41.6 Å². The van der Waals surface area contributed by atoms with Crippen LogP contribution >= 0.6 is 0 Å². The smallest absolute Gasteiger partial charge is 0.358 e. The van der Waals surface area contributed by atoms with E-state index in [2.05, 4.69) is 9.97 Å². The SMILES string of the molecule is CC(C)c1ncc(Oc2cccc(CO)c2)c(C(=O)O)n1. The number of aromatic carboxylic acids is 1. The number of hydrogen-bond acceptors (Lipinski definition) is 5. The number of aromatic nitrogens is 2. The number of nitrogens with zero attached hydrogens (tertiary/aromatic N) is 2. The summed E-state index contributed by atoms with van der Waals surface area (Å²) in [6, 6.07) is 6.75. The van der Waals surface area contributed by atoms with Gasteiger partial charge in [-0.05, 0) is 17.7 Å². The van der Waals surface area contributed by atoms with Gasteiger partial charge in [-0.15, -0.1) is 0 Å². The highest BCUT2D eigenvalue weighted by atomic mass is 16.5. The molecule has 0 saturated carbocycles. The third kappa shape index (κ3) is 3.55. The summed E-state index contributed by atoms with van der Waals surface area (Å²) in [5.41, 5.74) is 0.493. The maximum Gasteiger partial charge on any atom is 0.358 e. The van der Waals surface area contributed by atoms with E-state index in [0.717, 1.165) is 0 Å². The van der Waals surface area contributed by atoms with Gasteiger partial charge in [0.15, 0.2) is 11.4 Å². The van der Waals surface area contributed by atoms with Crippen LogP contribution in [0.5, 0.6) is 11.5 Å². The van der Waals surface area contributed by atoms with Crippen LogP contribution in [0.25, 0.3) is 0 Å². The zero-order valence-electron chi connectivity index (χ0n) is 11.8. The van der Waals surface area contributed by atoms with Gasteiger partial charge in [-0.25, -0.2) is 14.8 Å². The van der Waals surface area contributed by atoms with Crippen molar-refractivity contribution in [1.82, 2.24) is 9.97 Å². The maximum atomic E-state index is 11.3. The summed E-state index contributed by atoms with van der Waals surface area (Å²) in [4.78, 5) is 19.4. The summed E-state index contributed by atoms with van der Waals surface area (Å²) in [5.74, 6) is -0.210. The summed E-state index contributed by atoms with van der Waals surface area (Å²) < 4.78 is 5.53. The first-order chi connectivity index (χ1) is 10.0. The minimum Gasteiger partial charge on any atom is -0.476 e. The first kappa shape index (κ1) is 14.9. The molecule has 110 valence electrons. The molecule has 21 heavy (non-hydrogen) atoms. The molecule has 2 aromatic rings. The third-order valence-electron chi connectivity index (χ3n) is 2.80. The second-order valence-corrected chi connectivity index (χ2v) is 4.81. The molecule has 2 N–H and O–H groups in total. The van der Waals surface area contributed by atoms with Crippen LogP contribution in [-0.4, -0.2) is 26.2 Å². The molecule has 0 spiro atoms. The van der Waals surface area contributed by atoms with Crippen molar-refractivity contribution < 1.29 is 19.7 Å². The van der Waals surface area contributed by atoms with Gasteiger partial charge in [-0.3, -0.25) is 0 Å². The van der Waals surface area contributed by atoms with E-state index >= 15 is 0 Å². The summed E-state index contributed by atoms with van der Waals surface area (Å²) in [5, 5.41) is 18.3. The van der Waals surface area contributed by atoms with Gasteiger partial charge in [0.2, 0.25) is 0 Å². The van der Waals surface area contributed by atoms with E-state index in [-0.39, 0.29) is 24.0 Å². The van der Waals surface area contributed by atoms with Gasteiger partial charge in [-0.2, -0.15) is 0 Å². The molecule has 0 amide bonds. The summed E-state index contributed by atoms with van der Waals surface area (Å²) in [6.45, 7) is 3.64. The molecule has 1 heterocycles. The first-order valence-electron chi connectivity index (χ1n) is 6.49. The van der Waals surface area contributed by atoms with Crippen molar-refractivity contribution in [1.29, 1.82) is 0 Å². The molecule has 0 fully saturated rings. The molecule has 0 aliphatic rings. The lowest BCUT2D eigenvalue weighted by molar-refractivity contribution is 0.0686. The van der Waals surface area contributed by atoms with Crippen molar-refractivity contribution >= 4 is 5.97 Å². The van der Waals surface area contributed by atoms with Gasteiger partial charge in [-0.1, -0.05) is 26.0 Å². The topological polar surface area (TPSA) is 92.5 Å². The Kier molecular flexibility index (Phi) is 4.49. The number of hydrogen-bond donors (Lipinski definition) is 2. The molecule has 0 saturated heterocycles. The lowest BCUT2D eigenvalue weighted by Crippen LogP contribution is -2.08. The molecule has 0 radical (unpaired) electrons. The molecule has 6 nitrogen and oxygen atoms in total. The van der Waals surface area contributed by atoms with Crippen molar-refractivity contribution in [3.05, 3.63) is 47.5 Å². The molecule has 6 heteroatoms. The molecular formula is C15H16N2O4. The Morgan fingerprint density at radius 3 is 2.76 bits per heavy atom. The number of benzene rings is 1. The fourth-order valence-electron chi connectivity index (χ4n) is 1.72. The molecule has 0 aliphatic carbocycles. The van der Waals surface area contributed by atoms with Gasteiger partial charge in [0.1, 0.15) is 11.6 Å². The zero-order valence-corrected chi connectivity index (χ0v) is 11.8. The van der Waals surface area contributed by atoms with Crippen LogP contribution in [0.3, 0.4) is 0 Å². The second kappa shape index (κ2) is 6.32. The standard InChI is InChI=1S/C15H16N2O4/c1-9(2)14-16-7-12(13(17-14)15(19)20)21-11-5-3-4-10(6-11)8-18/h3-7,9,18H,8H2,1-2H3,(H,19,20).